The van der Waals surface area contributed by atoms with E-state index in [1.165, 1.54) is 4.90 Å². The van der Waals surface area contributed by atoms with Crippen molar-refractivity contribution < 1.29 is 9.90 Å². The number of rotatable bonds is 4. The van der Waals surface area contributed by atoms with Gasteiger partial charge >= 0.3 is 6.09 Å². The quantitative estimate of drug-likeness (QED) is 0.919. The number of carboxylic acid groups (broad SMARTS) is 1. The first-order valence-electron chi connectivity index (χ1n) is 8.27. The molecule has 0 spiro atoms. The van der Waals surface area contributed by atoms with Gasteiger partial charge in [0.1, 0.15) is 5.82 Å². The van der Waals surface area contributed by atoms with Crippen molar-refractivity contribution in [1.29, 1.82) is 5.26 Å². The summed E-state index contributed by atoms with van der Waals surface area (Å²) in [6, 6.07) is 9.71. The molecule has 2 heterocycles. The van der Waals surface area contributed by atoms with Crippen molar-refractivity contribution >= 4 is 6.09 Å². The minimum atomic E-state index is -0.846. The summed E-state index contributed by atoms with van der Waals surface area (Å²) in [5, 5.41) is 17.9. The first-order valence-corrected chi connectivity index (χ1v) is 8.27. The van der Waals surface area contributed by atoms with Crippen LogP contribution in [0.25, 0.3) is 0 Å². The monoisotopic (exact) mass is 339 g/mol. The zero-order valence-electron chi connectivity index (χ0n) is 14.2. The molecule has 2 aromatic rings. The van der Waals surface area contributed by atoms with E-state index >= 15 is 0 Å². The fraction of sp³-hybridized carbons (Fsp3) is 0.389. The Morgan fingerprint density at radius 2 is 1.88 bits per heavy atom. The standard InChI is InChI=1S/C18H21N5O2/c1-14-20-11-17(13-21-6-8-22(9-7-21)18(24)25)23(14)12-16-4-2-15(10-19)3-5-16/h2-5,11H,6-9,12-13H2,1H3,(H,24,25). The molecule has 1 aromatic carbocycles. The normalized spacial score (nSPS) is 15.1. The minimum Gasteiger partial charge on any atom is -0.465 e. The Hall–Kier alpha value is -2.85. The summed E-state index contributed by atoms with van der Waals surface area (Å²) in [5.74, 6) is 0.948. The van der Waals surface area contributed by atoms with Crippen molar-refractivity contribution in [2.45, 2.75) is 20.0 Å². The van der Waals surface area contributed by atoms with E-state index in [9.17, 15) is 4.79 Å². The summed E-state index contributed by atoms with van der Waals surface area (Å²) in [7, 11) is 0. The molecule has 0 saturated carbocycles. The van der Waals surface area contributed by atoms with Crippen LogP contribution in [-0.4, -0.2) is 56.7 Å². The maximum absolute atomic E-state index is 11.0. The van der Waals surface area contributed by atoms with E-state index in [-0.39, 0.29) is 0 Å². The molecule has 1 N–H and O–H groups in total. The molecule has 1 amide bonds. The van der Waals surface area contributed by atoms with Crippen molar-refractivity contribution in [2.24, 2.45) is 0 Å². The Labute approximate surface area is 146 Å². The highest BCUT2D eigenvalue weighted by molar-refractivity contribution is 5.65. The Morgan fingerprint density at radius 3 is 2.48 bits per heavy atom. The number of piperazine rings is 1. The Morgan fingerprint density at radius 1 is 1.20 bits per heavy atom. The van der Waals surface area contributed by atoms with Crippen LogP contribution in [0.2, 0.25) is 0 Å². The number of aryl methyl sites for hydroxylation is 1. The predicted octanol–water partition coefficient (Wildman–Crippen LogP) is 1.91. The third-order valence-electron chi connectivity index (χ3n) is 4.59. The van der Waals surface area contributed by atoms with Crippen molar-refractivity contribution in [1.82, 2.24) is 19.4 Å². The van der Waals surface area contributed by atoms with Gasteiger partial charge in [-0.05, 0) is 24.6 Å². The molecule has 0 aliphatic carbocycles. The molecule has 0 bridgehead atoms. The average molecular weight is 339 g/mol. The van der Waals surface area contributed by atoms with Gasteiger partial charge in [0, 0.05) is 45.5 Å². The van der Waals surface area contributed by atoms with Gasteiger partial charge < -0.3 is 14.6 Å². The summed E-state index contributed by atoms with van der Waals surface area (Å²) < 4.78 is 2.17. The summed E-state index contributed by atoms with van der Waals surface area (Å²) in [5.41, 5.74) is 2.89. The molecule has 130 valence electrons. The number of nitrogens with zero attached hydrogens (tertiary/aromatic N) is 5. The molecular weight excluding hydrogens is 318 g/mol. The second-order valence-electron chi connectivity index (χ2n) is 6.24. The number of amides is 1. The summed E-state index contributed by atoms with van der Waals surface area (Å²) in [6.07, 6.45) is 1.05. The van der Waals surface area contributed by atoms with Gasteiger partial charge in [-0.1, -0.05) is 12.1 Å². The maximum Gasteiger partial charge on any atom is 0.407 e. The summed E-state index contributed by atoms with van der Waals surface area (Å²) in [4.78, 5) is 19.1. The highest BCUT2D eigenvalue weighted by Crippen LogP contribution is 2.14. The van der Waals surface area contributed by atoms with Gasteiger partial charge in [0.25, 0.3) is 0 Å². The van der Waals surface area contributed by atoms with Gasteiger partial charge in [-0.3, -0.25) is 4.90 Å². The molecule has 1 aliphatic rings. The summed E-state index contributed by atoms with van der Waals surface area (Å²) >= 11 is 0. The molecule has 3 rings (SSSR count). The predicted molar refractivity (Wildman–Crippen MR) is 92.1 cm³/mol. The lowest BCUT2D eigenvalue weighted by Crippen LogP contribution is -2.47. The highest BCUT2D eigenvalue weighted by Gasteiger charge is 2.21. The third kappa shape index (κ3) is 3.98. The van der Waals surface area contributed by atoms with E-state index in [4.69, 9.17) is 10.4 Å². The van der Waals surface area contributed by atoms with Crippen molar-refractivity contribution in [3.8, 4) is 6.07 Å². The van der Waals surface area contributed by atoms with Crippen LogP contribution in [0.3, 0.4) is 0 Å². The van der Waals surface area contributed by atoms with Crippen LogP contribution >= 0.6 is 0 Å². The van der Waals surface area contributed by atoms with Crippen molar-refractivity contribution in [2.75, 3.05) is 26.2 Å². The van der Waals surface area contributed by atoms with Gasteiger partial charge in [-0.25, -0.2) is 9.78 Å². The Bertz CT molecular complexity index is 783. The number of carbonyl (C=O) groups is 1. The molecule has 25 heavy (non-hydrogen) atoms. The molecule has 7 heteroatoms. The lowest BCUT2D eigenvalue weighted by Gasteiger charge is -2.33. The Balaban J connectivity index is 1.67. The van der Waals surface area contributed by atoms with Crippen LogP contribution in [-0.2, 0) is 13.1 Å². The number of hydrogen-bond donors (Lipinski definition) is 1. The zero-order chi connectivity index (χ0) is 17.8. The fourth-order valence-electron chi connectivity index (χ4n) is 3.05. The van der Waals surface area contributed by atoms with Gasteiger partial charge in [0.05, 0.1) is 17.3 Å². The zero-order valence-corrected chi connectivity index (χ0v) is 14.2. The maximum atomic E-state index is 11.0. The summed E-state index contributed by atoms with van der Waals surface area (Å²) in [6.45, 7) is 5.99. The smallest absolute Gasteiger partial charge is 0.407 e. The van der Waals surface area contributed by atoms with Gasteiger partial charge in [-0.2, -0.15) is 5.26 Å². The molecule has 0 radical (unpaired) electrons. The van der Waals surface area contributed by atoms with Gasteiger partial charge in [0.2, 0.25) is 0 Å². The lowest BCUT2D eigenvalue weighted by molar-refractivity contribution is 0.102. The topological polar surface area (TPSA) is 85.4 Å². The molecule has 0 atom stereocenters. The molecule has 7 nitrogen and oxygen atoms in total. The van der Waals surface area contributed by atoms with Crippen LogP contribution in [0.1, 0.15) is 22.6 Å². The van der Waals surface area contributed by atoms with Crippen molar-refractivity contribution in [3.63, 3.8) is 0 Å². The van der Waals surface area contributed by atoms with E-state index in [0.29, 0.717) is 25.2 Å². The molecule has 1 aromatic heterocycles. The highest BCUT2D eigenvalue weighted by atomic mass is 16.4. The fourth-order valence-corrected chi connectivity index (χ4v) is 3.05. The molecule has 1 fully saturated rings. The number of hydrogen-bond acceptors (Lipinski definition) is 4. The van der Waals surface area contributed by atoms with E-state index in [1.807, 2.05) is 37.4 Å². The van der Waals surface area contributed by atoms with Crippen LogP contribution in [0.15, 0.2) is 30.5 Å². The number of aromatic nitrogens is 2. The Kier molecular flexibility index (Phi) is 5.00. The molecule has 1 saturated heterocycles. The molecule has 0 unspecified atom stereocenters. The first kappa shape index (κ1) is 17.0. The number of nitriles is 1. The third-order valence-corrected chi connectivity index (χ3v) is 4.59. The second kappa shape index (κ2) is 7.36. The lowest BCUT2D eigenvalue weighted by atomic mass is 10.1. The number of benzene rings is 1. The van der Waals surface area contributed by atoms with E-state index < -0.39 is 6.09 Å². The van der Waals surface area contributed by atoms with Gasteiger partial charge in [0.15, 0.2) is 0 Å². The van der Waals surface area contributed by atoms with Crippen LogP contribution in [0, 0.1) is 18.3 Å². The molecule has 1 aliphatic heterocycles. The van der Waals surface area contributed by atoms with Crippen LogP contribution in [0.5, 0.6) is 0 Å². The minimum absolute atomic E-state index is 0.540. The van der Waals surface area contributed by atoms with E-state index in [1.54, 1.807) is 0 Å². The SMILES string of the molecule is Cc1ncc(CN2CCN(C(=O)O)CC2)n1Cc1ccc(C#N)cc1. The van der Waals surface area contributed by atoms with E-state index in [0.717, 1.165) is 36.7 Å². The largest absolute Gasteiger partial charge is 0.465 e. The van der Waals surface area contributed by atoms with Crippen LogP contribution < -0.4 is 0 Å². The van der Waals surface area contributed by atoms with Crippen molar-refractivity contribution in [3.05, 3.63) is 53.1 Å². The van der Waals surface area contributed by atoms with E-state index in [2.05, 4.69) is 20.5 Å². The molecular formula is C18H21N5O2. The van der Waals surface area contributed by atoms with Crippen LogP contribution in [0.4, 0.5) is 4.79 Å². The second-order valence-corrected chi connectivity index (χ2v) is 6.24. The first-order chi connectivity index (χ1) is 12.1. The average Bonchev–Trinajstić information content (AvgIpc) is 2.96. The number of imidazole rings is 1. The van der Waals surface area contributed by atoms with Gasteiger partial charge in [-0.15, -0.1) is 0 Å².